The van der Waals surface area contributed by atoms with Gasteiger partial charge in [0.1, 0.15) is 0 Å². The predicted molar refractivity (Wildman–Crippen MR) is 57.5 cm³/mol. The molecule has 4 atom stereocenters. The molecule has 2 fully saturated rings. The van der Waals surface area contributed by atoms with Crippen LogP contribution in [-0.2, 0) is 0 Å². The molecule has 2 rings (SSSR count). The van der Waals surface area contributed by atoms with Crippen LogP contribution in [0.2, 0.25) is 0 Å². The Bertz CT molecular complexity index is 208. The van der Waals surface area contributed by atoms with Crippen LogP contribution in [0.3, 0.4) is 0 Å². The second kappa shape index (κ2) is 2.32. The lowest BCUT2D eigenvalue weighted by molar-refractivity contribution is 0.122. The Hall–Kier alpha value is 0. The average molecular weight is 180 g/mol. The lowest BCUT2D eigenvalue weighted by Gasteiger charge is -2.36. The van der Waals surface area contributed by atoms with E-state index in [9.17, 15) is 0 Å². The molecule has 0 nitrogen and oxygen atoms in total. The summed E-state index contributed by atoms with van der Waals surface area (Å²) in [5.74, 6) is 3.92. The van der Waals surface area contributed by atoms with Crippen molar-refractivity contribution in [3.63, 3.8) is 0 Å². The van der Waals surface area contributed by atoms with Crippen molar-refractivity contribution < 1.29 is 0 Å². The monoisotopic (exact) mass is 180 g/mol. The van der Waals surface area contributed by atoms with E-state index in [1.54, 1.807) is 0 Å². The molecule has 4 unspecified atom stereocenters. The van der Waals surface area contributed by atoms with Gasteiger partial charge in [-0.15, -0.1) is 0 Å². The minimum atomic E-state index is 0.587. The highest BCUT2D eigenvalue weighted by Gasteiger charge is 2.72. The van der Waals surface area contributed by atoms with Crippen molar-refractivity contribution in [2.45, 2.75) is 48.0 Å². The Balaban J connectivity index is 2.25. The topological polar surface area (TPSA) is 0 Å². The Morgan fingerprint density at radius 2 is 1.31 bits per heavy atom. The first kappa shape index (κ1) is 9.55. The lowest BCUT2D eigenvalue weighted by Crippen LogP contribution is -2.30. The first-order valence-electron chi connectivity index (χ1n) is 5.87. The van der Waals surface area contributed by atoms with Gasteiger partial charge in [-0.25, -0.2) is 0 Å². The summed E-state index contributed by atoms with van der Waals surface area (Å²) in [5.41, 5.74) is 1.29. The first-order chi connectivity index (χ1) is 5.87. The van der Waals surface area contributed by atoms with Gasteiger partial charge in [-0.2, -0.15) is 0 Å². The lowest BCUT2D eigenvalue weighted by atomic mass is 9.68. The van der Waals surface area contributed by atoms with Gasteiger partial charge in [0.05, 0.1) is 0 Å². The molecule has 0 aromatic rings. The number of hydrogen-bond acceptors (Lipinski definition) is 0. The predicted octanol–water partition coefficient (Wildman–Crippen LogP) is 3.96. The SMILES string of the molecule is CCC1(C)C2C(C)C(C)(C)C(C)C21. The van der Waals surface area contributed by atoms with Crippen molar-refractivity contribution >= 4 is 0 Å². The van der Waals surface area contributed by atoms with Gasteiger partial charge in [0.2, 0.25) is 0 Å². The minimum Gasteiger partial charge on any atom is -0.0648 e. The largest absolute Gasteiger partial charge is 0.0648 e. The van der Waals surface area contributed by atoms with Gasteiger partial charge in [0.15, 0.2) is 0 Å². The van der Waals surface area contributed by atoms with Crippen molar-refractivity contribution in [3.8, 4) is 0 Å². The molecule has 0 spiro atoms. The molecular formula is C13H24. The minimum absolute atomic E-state index is 0.587. The maximum atomic E-state index is 2.50. The van der Waals surface area contributed by atoms with E-state index in [0.717, 1.165) is 23.7 Å². The van der Waals surface area contributed by atoms with E-state index in [0.29, 0.717) is 10.8 Å². The second-order valence-electron chi connectivity index (χ2n) is 6.31. The van der Waals surface area contributed by atoms with Crippen LogP contribution in [0.25, 0.3) is 0 Å². The van der Waals surface area contributed by atoms with Gasteiger partial charge in [-0.05, 0) is 34.5 Å². The van der Waals surface area contributed by atoms with E-state index < -0.39 is 0 Å². The van der Waals surface area contributed by atoms with Gasteiger partial charge in [-0.3, -0.25) is 0 Å². The van der Waals surface area contributed by atoms with Crippen LogP contribution in [0.5, 0.6) is 0 Å². The summed E-state index contributed by atoms with van der Waals surface area (Å²) < 4.78 is 0. The molecule has 0 N–H and O–H groups in total. The number of fused-ring (bicyclic) bond motifs is 1. The van der Waals surface area contributed by atoms with E-state index in [1.807, 2.05) is 0 Å². The average Bonchev–Trinajstić information content (AvgIpc) is 2.63. The summed E-state index contributed by atoms with van der Waals surface area (Å²) in [7, 11) is 0. The van der Waals surface area contributed by atoms with E-state index in [2.05, 4.69) is 41.5 Å². The van der Waals surface area contributed by atoms with Crippen molar-refractivity contribution in [2.24, 2.45) is 34.5 Å². The highest BCUT2D eigenvalue weighted by Crippen LogP contribution is 2.77. The molecular weight excluding hydrogens is 156 g/mol. The summed E-state index contributed by atoms with van der Waals surface area (Å²) >= 11 is 0. The second-order valence-corrected chi connectivity index (χ2v) is 6.31. The molecule has 2 aliphatic carbocycles. The van der Waals surface area contributed by atoms with Gasteiger partial charge in [0.25, 0.3) is 0 Å². The van der Waals surface area contributed by atoms with Crippen LogP contribution in [0.1, 0.15) is 48.0 Å². The van der Waals surface area contributed by atoms with E-state index in [1.165, 1.54) is 6.42 Å². The molecule has 2 saturated carbocycles. The molecule has 0 heteroatoms. The molecule has 0 heterocycles. The summed E-state index contributed by atoms with van der Waals surface area (Å²) in [6.45, 7) is 14.7. The molecule has 0 radical (unpaired) electrons. The van der Waals surface area contributed by atoms with Gasteiger partial charge in [0, 0.05) is 0 Å². The molecule has 13 heavy (non-hydrogen) atoms. The van der Waals surface area contributed by atoms with Gasteiger partial charge in [-0.1, -0.05) is 48.0 Å². The summed E-state index contributed by atoms with van der Waals surface area (Å²) in [6, 6.07) is 0. The van der Waals surface area contributed by atoms with Gasteiger partial charge < -0.3 is 0 Å². The van der Waals surface area contributed by atoms with Crippen LogP contribution >= 0.6 is 0 Å². The Morgan fingerprint density at radius 3 is 1.62 bits per heavy atom. The maximum absolute atomic E-state index is 2.50. The maximum Gasteiger partial charge on any atom is -0.0260 e. The molecule has 0 aliphatic heterocycles. The zero-order valence-corrected chi connectivity index (χ0v) is 10.0. The fraction of sp³-hybridized carbons (Fsp3) is 1.00. The van der Waals surface area contributed by atoms with Crippen molar-refractivity contribution in [1.82, 2.24) is 0 Å². The highest BCUT2D eigenvalue weighted by molar-refractivity contribution is 5.19. The molecule has 76 valence electrons. The number of hydrogen-bond donors (Lipinski definition) is 0. The van der Waals surface area contributed by atoms with Crippen molar-refractivity contribution in [1.29, 1.82) is 0 Å². The third kappa shape index (κ3) is 0.877. The Labute approximate surface area is 83.1 Å². The highest BCUT2D eigenvalue weighted by atomic mass is 14.8. The van der Waals surface area contributed by atoms with Crippen LogP contribution in [0.4, 0.5) is 0 Å². The van der Waals surface area contributed by atoms with Crippen LogP contribution in [0.15, 0.2) is 0 Å². The molecule has 0 amide bonds. The van der Waals surface area contributed by atoms with Gasteiger partial charge >= 0.3 is 0 Å². The van der Waals surface area contributed by atoms with Crippen LogP contribution < -0.4 is 0 Å². The first-order valence-corrected chi connectivity index (χ1v) is 5.87. The van der Waals surface area contributed by atoms with Crippen LogP contribution in [-0.4, -0.2) is 0 Å². The third-order valence-corrected chi connectivity index (χ3v) is 5.99. The van der Waals surface area contributed by atoms with Crippen molar-refractivity contribution in [2.75, 3.05) is 0 Å². The molecule has 0 bridgehead atoms. The molecule has 2 aliphatic rings. The number of rotatable bonds is 1. The smallest absolute Gasteiger partial charge is 0.0260 e. The van der Waals surface area contributed by atoms with E-state index in [-0.39, 0.29) is 0 Å². The van der Waals surface area contributed by atoms with Crippen molar-refractivity contribution in [3.05, 3.63) is 0 Å². The third-order valence-electron chi connectivity index (χ3n) is 5.99. The fourth-order valence-corrected chi connectivity index (χ4v) is 4.21. The summed E-state index contributed by atoms with van der Waals surface area (Å²) in [6.07, 6.45) is 1.38. The normalized spacial score (nSPS) is 57.7. The zero-order valence-electron chi connectivity index (χ0n) is 10.0. The fourth-order valence-electron chi connectivity index (χ4n) is 4.21. The van der Waals surface area contributed by atoms with Crippen LogP contribution in [0, 0.1) is 34.5 Å². The zero-order chi connectivity index (χ0) is 10.0. The van der Waals surface area contributed by atoms with E-state index >= 15 is 0 Å². The Kier molecular flexibility index (Phi) is 1.71. The molecule has 0 saturated heterocycles. The summed E-state index contributed by atoms with van der Waals surface area (Å²) in [4.78, 5) is 0. The Morgan fingerprint density at radius 1 is 0.923 bits per heavy atom. The quantitative estimate of drug-likeness (QED) is 0.573. The standard InChI is InChI=1S/C13H24/c1-7-13(6)10-8(2)12(4,5)9(3)11(10)13/h8-11H,7H2,1-6H3. The molecule has 0 aromatic heterocycles. The molecule has 0 aromatic carbocycles. The summed E-state index contributed by atoms with van der Waals surface area (Å²) in [5, 5.41) is 0. The van der Waals surface area contributed by atoms with E-state index in [4.69, 9.17) is 0 Å².